The Balaban J connectivity index is 1.81. The third-order valence-electron chi connectivity index (χ3n) is 4.19. The van der Waals surface area contributed by atoms with Gasteiger partial charge in [-0.3, -0.25) is 4.40 Å². The Kier molecular flexibility index (Phi) is 4.75. The molecule has 3 N–H and O–H groups in total. The molecule has 0 bridgehead atoms. The minimum Gasteiger partial charge on any atom is -0.345 e. The fraction of sp³-hybridized carbons (Fsp3) is 0.438. The van der Waals surface area contributed by atoms with E-state index in [1.165, 1.54) is 0 Å². The van der Waals surface area contributed by atoms with Crippen molar-refractivity contribution in [2.75, 3.05) is 13.1 Å². The van der Waals surface area contributed by atoms with Crippen molar-refractivity contribution in [3.05, 3.63) is 30.4 Å². The molecule has 0 aliphatic heterocycles. The summed E-state index contributed by atoms with van der Waals surface area (Å²) in [6, 6.07) is 1.02. The van der Waals surface area contributed by atoms with Crippen LogP contribution in [0, 0.1) is 5.92 Å². The van der Waals surface area contributed by atoms with Crippen molar-refractivity contribution in [2.45, 2.75) is 25.9 Å². The van der Waals surface area contributed by atoms with E-state index in [0.717, 1.165) is 11.2 Å². The molecule has 2 amide bonds. The van der Waals surface area contributed by atoms with Crippen molar-refractivity contribution in [2.24, 2.45) is 5.92 Å². The molecule has 0 spiro atoms. The second kappa shape index (κ2) is 6.85. The normalized spacial score (nSPS) is 13.5. The maximum absolute atomic E-state index is 12.2. The highest BCUT2D eigenvalue weighted by Gasteiger charge is 2.28. The molecule has 0 unspecified atom stereocenters. The number of imidazole rings is 1. The molecule has 0 fully saturated rings. The van der Waals surface area contributed by atoms with E-state index in [2.05, 4.69) is 20.3 Å². The summed E-state index contributed by atoms with van der Waals surface area (Å²) in [5.41, 5.74) is 3.08. The van der Waals surface area contributed by atoms with Crippen LogP contribution in [-0.4, -0.2) is 44.6 Å². The van der Waals surface area contributed by atoms with Gasteiger partial charge in [0, 0.05) is 30.6 Å². The molecule has 0 aromatic carbocycles. The number of carbonyl (C=O) groups is 1. The molecule has 3 aromatic rings. The molecule has 3 rings (SSSR count). The number of alkyl halides is 3. The largest absolute Gasteiger partial charge is 0.405 e. The third kappa shape index (κ3) is 3.73. The molecule has 0 radical (unpaired) electrons. The minimum atomic E-state index is -4.44. The number of fused-ring (bicyclic) bond motifs is 3. The van der Waals surface area contributed by atoms with Crippen molar-refractivity contribution in [1.29, 1.82) is 0 Å². The van der Waals surface area contributed by atoms with Crippen molar-refractivity contribution >= 4 is 22.8 Å². The zero-order valence-corrected chi connectivity index (χ0v) is 14.3. The molecule has 0 aliphatic carbocycles. The first-order valence-electron chi connectivity index (χ1n) is 8.14. The van der Waals surface area contributed by atoms with Crippen LogP contribution in [0.2, 0.25) is 0 Å². The zero-order valence-electron chi connectivity index (χ0n) is 14.3. The Morgan fingerprint density at radius 1 is 1.27 bits per heavy atom. The Hall–Kier alpha value is -2.78. The molecule has 0 saturated heterocycles. The highest BCUT2D eigenvalue weighted by Crippen LogP contribution is 2.27. The average Bonchev–Trinajstić information content (AvgIpc) is 3.18. The van der Waals surface area contributed by atoms with E-state index in [9.17, 15) is 18.0 Å². The van der Waals surface area contributed by atoms with Crippen LogP contribution in [0.15, 0.2) is 24.7 Å². The van der Waals surface area contributed by atoms with E-state index in [0.29, 0.717) is 11.3 Å². The molecule has 3 heterocycles. The highest BCUT2D eigenvalue weighted by atomic mass is 19.4. The van der Waals surface area contributed by atoms with E-state index in [4.69, 9.17) is 0 Å². The van der Waals surface area contributed by atoms with Crippen LogP contribution in [0.4, 0.5) is 18.0 Å². The molecule has 140 valence electrons. The predicted molar refractivity (Wildman–Crippen MR) is 89.9 cm³/mol. The fourth-order valence-electron chi connectivity index (χ4n) is 2.88. The lowest BCUT2D eigenvalue weighted by Crippen LogP contribution is -2.42. The van der Waals surface area contributed by atoms with Gasteiger partial charge < -0.3 is 15.6 Å². The zero-order chi connectivity index (χ0) is 18.9. The number of hydrogen-bond acceptors (Lipinski definition) is 3. The van der Waals surface area contributed by atoms with Crippen LogP contribution in [0.5, 0.6) is 0 Å². The number of aromatic nitrogens is 4. The van der Waals surface area contributed by atoms with Crippen molar-refractivity contribution in [3.63, 3.8) is 0 Å². The summed E-state index contributed by atoms with van der Waals surface area (Å²) in [6.45, 7) is 2.78. The topological polar surface area (TPSA) is 87.1 Å². The number of urea groups is 1. The lowest BCUT2D eigenvalue weighted by molar-refractivity contribution is -0.122. The van der Waals surface area contributed by atoms with Crippen molar-refractivity contribution in [3.8, 4) is 0 Å². The number of nitrogens with one attached hydrogen (secondary N) is 3. The molecule has 3 aromatic heterocycles. The summed E-state index contributed by atoms with van der Waals surface area (Å²) < 4.78 is 38.5. The molecular weight excluding hydrogens is 349 g/mol. The number of aromatic amines is 1. The van der Waals surface area contributed by atoms with Gasteiger partial charge in [-0.1, -0.05) is 13.8 Å². The molecule has 26 heavy (non-hydrogen) atoms. The average molecular weight is 368 g/mol. The first kappa shape index (κ1) is 18.0. The maximum Gasteiger partial charge on any atom is 0.405 e. The number of nitrogens with zero attached hydrogens (tertiary/aromatic N) is 3. The van der Waals surface area contributed by atoms with Crippen molar-refractivity contribution in [1.82, 2.24) is 30.0 Å². The molecular formula is C16H19F3N6O. The Morgan fingerprint density at radius 2 is 2.04 bits per heavy atom. The van der Waals surface area contributed by atoms with Crippen LogP contribution in [0.3, 0.4) is 0 Å². The predicted octanol–water partition coefficient (Wildman–Crippen LogP) is 2.81. The lowest BCUT2D eigenvalue weighted by Gasteiger charge is -2.21. The number of amides is 2. The number of halogens is 3. The first-order chi connectivity index (χ1) is 12.3. The summed E-state index contributed by atoms with van der Waals surface area (Å²) >= 11 is 0. The lowest BCUT2D eigenvalue weighted by atomic mass is 9.92. The van der Waals surface area contributed by atoms with E-state index in [1.807, 2.05) is 29.6 Å². The summed E-state index contributed by atoms with van der Waals surface area (Å²) in [6.07, 6.45) is 0.685. The summed E-state index contributed by atoms with van der Waals surface area (Å²) in [4.78, 5) is 23.3. The number of H-pyrrole nitrogens is 1. The van der Waals surface area contributed by atoms with E-state index >= 15 is 0 Å². The van der Waals surface area contributed by atoms with E-state index < -0.39 is 18.8 Å². The van der Waals surface area contributed by atoms with Gasteiger partial charge in [0.15, 0.2) is 11.3 Å². The summed E-state index contributed by atoms with van der Waals surface area (Å²) in [5.74, 6) is -0.0119. The molecule has 7 nitrogen and oxygen atoms in total. The third-order valence-corrected chi connectivity index (χ3v) is 4.19. The molecule has 0 aliphatic rings. The van der Waals surface area contributed by atoms with Crippen LogP contribution in [-0.2, 0) is 0 Å². The fourth-order valence-corrected chi connectivity index (χ4v) is 2.88. The first-order valence-corrected chi connectivity index (χ1v) is 8.14. The minimum absolute atomic E-state index is 0.125. The van der Waals surface area contributed by atoms with Gasteiger partial charge in [0.1, 0.15) is 6.54 Å². The van der Waals surface area contributed by atoms with Crippen LogP contribution in [0.25, 0.3) is 16.8 Å². The summed E-state index contributed by atoms with van der Waals surface area (Å²) in [5, 5.41) is 4.33. The Bertz CT molecular complexity index is 914. The molecule has 1 atom stereocenters. The van der Waals surface area contributed by atoms with Gasteiger partial charge >= 0.3 is 12.2 Å². The van der Waals surface area contributed by atoms with Gasteiger partial charge in [0.2, 0.25) is 0 Å². The number of rotatable bonds is 5. The SMILES string of the molecule is CC(C)[C@H](CNC(=O)NCC(F)(F)F)c1cnc2cnc3[nH]ccc3n12. The smallest absolute Gasteiger partial charge is 0.345 e. The van der Waals surface area contributed by atoms with Gasteiger partial charge in [-0.2, -0.15) is 13.2 Å². The number of carbonyl (C=O) groups excluding carboxylic acids is 1. The van der Waals surface area contributed by atoms with Gasteiger partial charge in [-0.15, -0.1) is 0 Å². The molecule has 0 saturated carbocycles. The summed E-state index contributed by atoms with van der Waals surface area (Å²) in [7, 11) is 0. The Morgan fingerprint density at radius 3 is 2.73 bits per heavy atom. The van der Waals surface area contributed by atoms with Crippen LogP contribution in [0.1, 0.15) is 25.5 Å². The maximum atomic E-state index is 12.2. The van der Waals surface area contributed by atoms with Gasteiger partial charge in [-0.25, -0.2) is 14.8 Å². The van der Waals surface area contributed by atoms with Gasteiger partial charge in [-0.05, 0) is 12.0 Å². The standard InChI is InChI=1S/C16H19F3N6O/c1-9(2)10(5-23-15(26)24-8-16(17,18)19)12-6-21-13-7-22-14-11(25(12)13)3-4-20-14/h3-4,6-7,9-10,20H,5,8H2,1-2H3,(H2,23,24,26)/t10-/m0/s1. The van der Waals surface area contributed by atoms with E-state index in [1.54, 1.807) is 18.6 Å². The highest BCUT2D eigenvalue weighted by molar-refractivity contribution is 5.75. The Labute approximate surface area is 147 Å². The molecule has 10 heteroatoms. The quantitative estimate of drug-likeness (QED) is 0.647. The van der Waals surface area contributed by atoms with Crippen LogP contribution < -0.4 is 10.6 Å². The van der Waals surface area contributed by atoms with Gasteiger partial charge in [0.25, 0.3) is 0 Å². The van der Waals surface area contributed by atoms with E-state index in [-0.39, 0.29) is 18.4 Å². The number of hydrogen-bond donors (Lipinski definition) is 3. The van der Waals surface area contributed by atoms with Crippen LogP contribution >= 0.6 is 0 Å². The second-order valence-corrected chi connectivity index (χ2v) is 6.38. The second-order valence-electron chi connectivity index (χ2n) is 6.38. The van der Waals surface area contributed by atoms with Gasteiger partial charge in [0.05, 0.1) is 11.7 Å². The van der Waals surface area contributed by atoms with Crippen molar-refractivity contribution < 1.29 is 18.0 Å². The monoisotopic (exact) mass is 368 g/mol.